The molecule has 0 saturated heterocycles. The number of hydrogen-bond donors (Lipinski definition) is 1. The predicted molar refractivity (Wildman–Crippen MR) is 344 cm³/mol. The standard InChI is InChI=1S/C77H73N4O.Pt/c1-51-43-71(78-49-66(51)64-31-22-32-67-72(64)77(10,11)42-41-76(67,8)9)79-68-40-37-57(74(2,3)4)47-65(68)54-35-38-60(39-36-54)82-61-28-20-27-59(48-61)80-50-81(70-34-19-18-33-69(70)80)73-62(53-25-16-13-17-26-53)29-21-30-63(73)56-44-55(52-23-14-12-15-24-52)45-58(46-56)75(5,6)7;/h12-38,40,43-47,49-50H,41-42H2,1-11H3,(H,78,79);/q-3;/i1D3;. The molecule has 0 saturated carbocycles. The van der Waals surface area contributed by atoms with Crippen LogP contribution in [0.25, 0.3) is 55.6 Å². The zero-order valence-electron chi connectivity index (χ0n) is 52.2. The fourth-order valence-electron chi connectivity index (χ4n) is 12.0. The number of hydrogen-bond acceptors (Lipinski definition) is 5. The van der Waals surface area contributed by atoms with Crippen LogP contribution >= 0.6 is 0 Å². The molecule has 12 rings (SSSR count). The molecule has 420 valence electrons. The summed E-state index contributed by atoms with van der Waals surface area (Å²) in [4.78, 5) is 9.47. The second-order valence-electron chi connectivity index (χ2n) is 25.5. The number of ether oxygens (including phenoxy) is 1. The summed E-state index contributed by atoms with van der Waals surface area (Å²) in [6, 6.07) is 77.0. The smallest absolute Gasteiger partial charge is 0.130 e. The monoisotopic (exact) mass is 1270 g/mol. The largest absolute Gasteiger partial charge is 0.509 e. The summed E-state index contributed by atoms with van der Waals surface area (Å²) in [6.45, 7) is 22.4. The number of benzene rings is 9. The Labute approximate surface area is 512 Å². The number of anilines is 6. The molecule has 0 radical (unpaired) electrons. The van der Waals surface area contributed by atoms with Gasteiger partial charge in [0.2, 0.25) is 0 Å². The molecule has 1 aliphatic carbocycles. The van der Waals surface area contributed by atoms with Crippen LogP contribution < -0.4 is 19.9 Å². The fourth-order valence-corrected chi connectivity index (χ4v) is 12.0. The first kappa shape index (κ1) is 53.1. The first-order chi connectivity index (χ1) is 40.5. The number of nitrogens with one attached hydrogen (secondary N) is 1. The third kappa shape index (κ3) is 11.3. The Morgan fingerprint density at radius 3 is 1.88 bits per heavy atom. The number of fused-ring (bicyclic) bond motifs is 2. The van der Waals surface area contributed by atoms with Gasteiger partial charge in [-0.25, -0.2) is 4.98 Å². The van der Waals surface area contributed by atoms with Gasteiger partial charge in [-0.05, 0) is 127 Å². The molecular weight excluding hydrogens is 1190 g/mol. The maximum atomic E-state index is 8.82. The molecule has 6 heteroatoms. The molecule has 1 aliphatic heterocycles. The van der Waals surface area contributed by atoms with Crippen molar-refractivity contribution in [3.63, 3.8) is 0 Å². The number of pyridine rings is 1. The molecule has 1 N–H and O–H groups in total. The van der Waals surface area contributed by atoms with Crippen molar-refractivity contribution in [1.82, 2.24) is 4.98 Å². The number of aryl methyl sites for hydroxylation is 1. The molecule has 0 unspecified atom stereocenters. The normalized spacial score (nSPS) is 15.0. The Bertz CT molecular complexity index is 4120. The van der Waals surface area contributed by atoms with Crippen LogP contribution in [0.5, 0.6) is 11.5 Å². The SMILES string of the molecule is [2H]C([2H])([2H])c1cc(Nc2ccc(C(C)(C)C)cc2-c2c[c-]c(Oc3[c-]c(N4[CH-]N(c5c(-c6ccccc6)cccc5-c5cc(-c6ccccc6)cc(C(C)(C)C)c5)c5ccccc54)ccc3)cc2)ncc1-c1cccc2c1C(C)(C)CCC2(C)C.[Pt]. The summed E-state index contributed by atoms with van der Waals surface area (Å²) in [7, 11) is 0. The Morgan fingerprint density at radius 1 is 0.542 bits per heavy atom. The van der Waals surface area contributed by atoms with Crippen LogP contribution in [-0.4, -0.2) is 4.98 Å². The molecule has 2 heterocycles. The maximum absolute atomic E-state index is 8.82. The van der Waals surface area contributed by atoms with Crippen molar-refractivity contribution >= 4 is 34.3 Å². The van der Waals surface area contributed by atoms with E-state index >= 15 is 0 Å². The van der Waals surface area contributed by atoms with Crippen molar-refractivity contribution in [2.75, 3.05) is 15.1 Å². The topological polar surface area (TPSA) is 40.6 Å². The van der Waals surface area contributed by atoms with Gasteiger partial charge in [0.1, 0.15) is 5.82 Å². The first-order valence-electron chi connectivity index (χ1n) is 30.2. The minimum absolute atomic E-state index is 0. The van der Waals surface area contributed by atoms with Crippen molar-refractivity contribution in [3.05, 3.63) is 253 Å². The first-order valence-corrected chi connectivity index (χ1v) is 28.7. The molecule has 0 amide bonds. The summed E-state index contributed by atoms with van der Waals surface area (Å²) in [5.41, 5.74) is 19.8. The van der Waals surface area contributed by atoms with Gasteiger partial charge in [0.05, 0.1) is 0 Å². The van der Waals surface area contributed by atoms with E-state index in [0.29, 0.717) is 22.9 Å². The van der Waals surface area contributed by atoms with Gasteiger partial charge < -0.3 is 19.9 Å². The zero-order chi connectivity index (χ0) is 59.6. The van der Waals surface area contributed by atoms with Crippen molar-refractivity contribution in [2.45, 2.75) is 111 Å². The molecule has 1 aromatic heterocycles. The second-order valence-corrected chi connectivity index (χ2v) is 25.5. The van der Waals surface area contributed by atoms with Crippen LogP contribution in [-0.2, 0) is 42.7 Å². The summed E-state index contributed by atoms with van der Waals surface area (Å²) in [5.74, 6) is 1.53. The van der Waals surface area contributed by atoms with Crippen LogP contribution in [0, 0.1) is 25.7 Å². The number of para-hydroxylation sites is 3. The van der Waals surface area contributed by atoms with Gasteiger partial charge in [0.25, 0.3) is 0 Å². The second kappa shape index (κ2) is 22.3. The van der Waals surface area contributed by atoms with E-state index < -0.39 is 6.85 Å². The van der Waals surface area contributed by atoms with E-state index in [9.17, 15) is 0 Å². The summed E-state index contributed by atoms with van der Waals surface area (Å²) in [5, 5.41) is 3.56. The van der Waals surface area contributed by atoms with Gasteiger partial charge in [-0.1, -0.05) is 208 Å². The van der Waals surface area contributed by atoms with Gasteiger partial charge in [-0.15, -0.1) is 48.3 Å². The van der Waals surface area contributed by atoms with Gasteiger partial charge in [-0.2, -0.15) is 18.2 Å². The number of rotatable bonds is 11. The molecule has 0 bridgehead atoms. The van der Waals surface area contributed by atoms with E-state index in [1.807, 2.05) is 30.3 Å². The third-order valence-electron chi connectivity index (χ3n) is 16.7. The average molecular weight is 1270 g/mol. The Hall–Kier alpha value is -7.98. The fraction of sp³-hybridized carbons (Fsp3) is 0.221. The summed E-state index contributed by atoms with van der Waals surface area (Å²) < 4.78 is 33.1. The molecule has 0 atom stereocenters. The van der Waals surface area contributed by atoms with E-state index in [-0.39, 0.29) is 48.3 Å². The minimum atomic E-state index is -2.39. The van der Waals surface area contributed by atoms with Gasteiger partial charge in [0, 0.05) is 82.3 Å². The van der Waals surface area contributed by atoms with Gasteiger partial charge in [-0.3, -0.25) is 0 Å². The quantitative estimate of drug-likeness (QED) is 0.131. The van der Waals surface area contributed by atoms with E-state index in [1.165, 1.54) is 27.8 Å². The van der Waals surface area contributed by atoms with E-state index in [1.54, 1.807) is 12.3 Å². The molecule has 5 nitrogen and oxygen atoms in total. The Morgan fingerprint density at radius 2 is 1.18 bits per heavy atom. The van der Waals surface area contributed by atoms with Crippen LogP contribution in [0.15, 0.2) is 206 Å². The Kier molecular flexibility index (Phi) is 14.3. The molecule has 0 fully saturated rings. The van der Waals surface area contributed by atoms with Gasteiger partial charge in [0.15, 0.2) is 0 Å². The summed E-state index contributed by atoms with van der Waals surface area (Å²) >= 11 is 0. The number of nitrogens with zero attached hydrogens (tertiary/aromatic N) is 3. The van der Waals surface area contributed by atoms with E-state index in [4.69, 9.17) is 13.8 Å². The predicted octanol–water partition coefficient (Wildman–Crippen LogP) is 21.2. The minimum Gasteiger partial charge on any atom is -0.509 e. The van der Waals surface area contributed by atoms with Crippen LogP contribution in [0.2, 0.25) is 0 Å². The molecular formula is C77H73N4OPt-3. The molecule has 83 heavy (non-hydrogen) atoms. The van der Waals surface area contributed by atoms with E-state index in [2.05, 4.69) is 267 Å². The van der Waals surface area contributed by atoms with Crippen molar-refractivity contribution in [3.8, 4) is 67.1 Å². The van der Waals surface area contributed by atoms with Crippen LogP contribution in [0.3, 0.4) is 0 Å². The average Bonchev–Trinajstić information content (AvgIpc) is 1.76. The molecule has 0 spiro atoms. The van der Waals surface area contributed by atoms with Crippen molar-refractivity contribution in [2.24, 2.45) is 0 Å². The Balaban J connectivity index is 0.00000768. The van der Waals surface area contributed by atoms with Crippen molar-refractivity contribution < 1.29 is 29.9 Å². The van der Waals surface area contributed by atoms with Gasteiger partial charge >= 0.3 is 0 Å². The molecule has 2 aliphatic rings. The van der Waals surface area contributed by atoms with Crippen LogP contribution in [0.1, 0.15) is 114 Å². The van der Waals surface area contributed by atoms with Crippen LogP contribution in [0.4, 0.5) is 34.3 Å². The zero-order valence-corrected chi connectivity index (χ0v) is 51.5. The van der Waals surface area contributed by atoms with E-state index in [0.717, 1.165) is 85.8 Å². The molecule has 9 aromatic carbocycles. The number of aromatic nitrogens is 1. The van der Waals surface area contributed by atoms with Crippen molar-refractivity contribution in [1.29, 1.82) is 0 Å². The maximum Gasteiger partial charge on any atom is 0.130 e. The summed E-state index contributed by atoms with van der Waals surface area (Å²) in [6.07, 6.45) is 3.82. The molecule has 10 aromatic rings. The third-order valence-corrected chi connectivity index (χ3v) is 16.7.